The third kappa shape index (κ3) is 4.20. The SMILES string of the molecule is CNCC1CCN(S(=O)(=O)c2cnn(-c3ccccc3F)c2)CC1.Cl. The predicted molar refractivity (Wildman–Crippen MR) is 96.2 cm³/mol. The first-order valence-electron chi connectivity index (χ1n) is 7.96. The van der Waals surface area contributed by atoms with Crippen molar-refractivity contribution in [2.45, 2.75) is 17.7 Å². The van der Waals surface area contributed by atoms with Crippen LogP contribution in [0.15, 0.2) is 41.6 Å². The number of hydrogen-bond acceptors (Lipinski definition) is 4. The molecule has 1 saturated heterocycles. The molecule has 0 atom stereocenters. The van der Waals surface area contributed by atoms with Crippen molar-refractivity contribution in [2.75, 3.05) is 26.7 Å². The van der Waals surface area contributed by atoms with Crippen LogP contribution in [-0.4, -0.2) is 49.2 Å². The van der Waals surface area contributed by atoms with Gasteiger partial charge in [0, 0.05) is 13.1 Å². The second-order valence-corrected chi connectivity index (χ2v) is 7.92. The van der Waals surface area contributed by atoms with Crippen LogP contribution in [0.2, 0.25) is 0 Å². The van der Waals surface area contributed by atoms with Crippen molar-refractivity contribution < 1.29 is 12.8 Å². The van der Waals surface area contributed by atoms with Crippen molar-refractivity contribution in [3.05, 3.63) is 42.5 Å². The molecule has 1 fully saturated rings. The van der Waals surface area contributed by atoms with E-state index in [9.17, 15) is 12.8 Å². The Morgan fingerprint density at radius 3 is 2.60 bits per heavy atom. The Balaban J connectivity index is 0.00000225. The van der Waals surface area contributed by atoms with Crippen molar-refractivity contribution in [3.8, 4) is 5.69 Å². The second kappa shape index (κ2) is 8.27. The summed E-state index contributed by atoms with van der Waals surface area (Å²) in [4.78, 5) is 0.0952. The highest BCUT2D eigenvalue weighted by molar-refractivity contribution is 7.89. The summed E-state index contributed by atoms with van der Waals surface area (Å²) in [6, 6.07) is 6.13. The van der Waals surface area contributed by atoms with Gasteiger partial charge in [-0.25, -0.2) is 17.5 Å². The van der Waals surface area contributed by atoms with Crippen molar-refractivity contribution >= 4 is 22.4 Å². The minimum atomic E-state index is -3.59. The molecular formula is C16H22ClFN4O2S. The number of piperidine rings is 1. The molecule has 0 unspecified atom stereocenters. The van der Waals surface area contributed by atoms with Crippen molar-refractivity contribution in [1.82, 2.24) is 19.4 Å². The molecule has 1 aromatic heterocycles. The Kier molecular flexibility index (Phi) is 6.56. The van der Waals surface area contributed by atoms with E-state index in [1.54, 1.807) is 18.2 Å². The summed E-state index contributed by atoms with van der Waals surface area (Å²) in [7, 11) is -1.69. The van der Waals surface area contributed by atoms with Crippen LogP contribution >= 0.6 is 12.4 Å². The first kappa shape index (κ1) is 19.8. The predicted octanol–water partition coefficient (Wildman–Crippen LogP) is 2.05. The lowest BCUT2D eigenvalue weighted by Crippen LogP contribution is -2.40. The number of hydrogen-bond donors (Lipinski definition) is 1. The van der Waals surface area contributed by atoms with E-state index in [0.29, 0.717) is 19.0 Å². The molecule has 0 saturated carbocycles. The highest BCUT2D eigenvalue weighted by atomic mass is 35.5. The molecular weight excluding hydrogens is 367 g/mol. The summed E-state index contributed by atoms with van der Waals surface area (Å²) in [6.45, 7) is 1.90. The maximum Gasteiger partial charge on any atom is 0.246 e. The molecule has 0 aliphatic carbocycles. The fourth-order valence-electron chi connectivity index (χ4n) is 3.00. The summed E-state index contributed by atoms with van der Waals surface area (Å²) >= 11 is 0. The number of sulfonamides is 1. The first-order valence-corrected chi connectivity index (χ1v) is 9.40. The maximum absolute atomic E-state index is 13.8. The van der Waals surface area contributed by atoms with E-state index in [-0.39, 0.29) is 23.0 Å². The molecule has 0 radical (unpaired) electrons. The normalized spacial score (nSPS) is 16.6. The lowest BCUT2D eigenvalue weighted by Gasteiger charge is -2.30. The largest absolute Gasteiger partial charge is 0.319 e. The van der Waals surface area contributed by atoms with Crippen LogP contribution in [-0.2, 0) is 10.0 Å². The Morgan fingerprint density at radius 1 is 1.28 bits per heavy atom. The van der Waals surface area contributed by atoms with Crippen LogP contribution in [0.3, 0.4) is 0 Å². The van der Waals surface area contributed by atoms with Gasteiger partial charge in [0.1, 0.15) is 16.4 Å². The van der Waals surface area contributed by atoms with E-state index < -0.39 is 15.8 Å². The minimum Gasteiger partial charge on any atom is -0.319 e. The molecule has 0 bridgehead atoms. The fourth-order valence-corrected chi connectivity index (χ4v) is 4.40. The van der Waals surface area contributed by atoms with Gasteiger partial charge in [-0.3, -0.25) is 0 Å². The number of para-hydroxylation sites is 1. The number of aromatic nitrogens is 2. The number of nitrogens with zero attached hydrogens (tertiary/aromatic N) is 3. The van der Waals surface area contributed by atoms with Crippen LogP contribution in [0.5, 0.6) is 0 Å². The fraction of sp³-hybridized carbons (Fsp3) is 0.438. The molecule has 1 aromatic carbocycles. The van der Waals surface area contributed by atoms with E-state index in [1.807, 2.05) is 7.05 Å². The number of nitrogens with one attached hydrogen (secondary N) is 1. The Labute approximate surface area is 153 Å². The van der Waals surface area contributed by atoms with Gasteiger partial charge in [-0.2, -0.15) is 9.40 Å². The molecule has 1 aliphatic rings. The van der Waals surface area contributed by atoms with Gasteiger partial charge in [0.15, 0.2) is 0 Å². The maximum atomic E-state index is 13.8. The number of benzene rings is 1. The molecule has 0 spiro atoms. The van der Waals surface area contributed by atoms with Crippen LogP contribution < -0.4 is 5.32 Å². The molecule has 6 nitrogen and oxygen atoms in total. The van der Waals surface area contributed by atoms with Crippen LogP contribution in [0.25, 0.3) is 5.69 Å². The highest BCUT2D eigenvalue weighted by Crippen LogP contribution is 2.24. The van der Waals surface area contributed by atoms with Crippen molar-refractivity contribution in [3.63, 3.8) is 0 Å². The van der Waals surface area contributed by atoms with Crippen LogP contribution in [0.4, 0.5) is 4.39 Å². The van der Waals surface area contributed by atoms with Gasteiger partial charge in [-0.05, 0) is 44.5 Å². The van der Waals surface area contributed by atoms with Crippen LogP contribution in [0.1, 0.15) is 12.8 Å². The van der Waals surface area contributed by atoms with Gasteiger partial charge in [-0.15, -0.1) is 12.4 Å². The smallest absolute Gasteiger partial charge is 0.246 e. The summed E-state index contributed by atoms with van der Waals surface area (Å²) in [5, 5.41) is 7.15. The third-order valence-corrected chi connectivity index (χ3v) is 6.21. The van der Waals surface area contributed by atoms with Crippen molar-refractivity contribution in [1.29, 1.82) is 0 Å². The molecule has 9 heteroatoms. The summed E-state index contributed by atoms with van der Waals surface area (Å²) < 4.78 is 42.1. The third-order valence-electron chi connectivity index (χ3n) is 4.36. The summed E-state index contributed by atoms with van der Waals surface area (Å²) in [5.41, 5.74) is 0.228. The first-order chi connectivity index (χ1) is 11.5. The van der Waals surface area contributed by atoms with E-state index in [2.05, 4.69) is 10.4 Å². The number of rotatable bonds is 5. The molecule has 3 rings (SSSR count). The lowest BCUT2D eigenvalue weighted by molar-refractivity contribution is 0.270. The van der Waals surface area contributed by atoms with Crippen molar-refractivity contribution in [2.24, 2.45) is 5.92 Å². The van der Waals surface area contributed by atoms with Gasteiger partial charge in [0.05, 0.1) is 12.4 Å². The topological polar surface area (TPSA) is 67.2 Å². The highest BCUT2D eigenvalue weighted by Gasteiger charge is 2.30. The Morgan fingerprint density at radius 2 is 1.96 bits per heavy atom. The number of halogens is 2. The zero-order chi connectivity index (χ0) is 17.2. The average Bonchev–Trinajstić information content (AvgIpc) is 3.07. The van der Waals surface area contributed by atoms with E-state index in [1.165, 1.54) is 27.4 Å². The average molecular weight is 389 g/mol. The quantitative estimate of drug-likeness (QED) is 0.851. The van der Waals surface area contributed by atoms with Gasteiger partial charge in [-0.1, -0.05) is 12.1 Å². The zero-order valence-corrected chi connectivity index (χ0v) is 15.6. The van der Waals surface area contributed by atoms with Gasteiger partial charge >= 0.3 is 0 Å². The molecule has 1 aliphatic heterocycles. The van der Waals surface area contributed by atoms with E-state index in [4.69, 9.17) is 0 Å². The Bertz CT molecular complexity index is 804. The van der Waals surface area contributed by atoms with E-state index in [0.717, 1.165) is 19.4 Å². The zero-order valence-electron chi connectivity index (χ0n) is 13.9. The van der Waals surface area contributed by atoms with Crippen LogP contribution in [0, 0.1) is 11.7 Å². The van der Waals surface area contributed by atoms with Gasteiger partial charge in [0.25, 0.3) is 0 Å². The molecule has 25 heavy (non-hydrogen) atoms. The minimum absolute atomic E-state index is 0. The second-order valence-electron chi connectivity index (χ2n) is 5.98. The monoisotopic (exact) mass is 388 g/mol. The van der Waals surface area contributed by atoms with Gasteiger partial charge < -0.3 is 5.32 Å². The molecule has 1 N–H and O–H groups in total. The molecule has 2 heterocycles. The Hall–Kier alpha value is -1.48. The standard InChI is InChI=1S/C16H21FN4O2S.ClH/c1-18-10-13-6-8-20(9-7-13)24(22,23)14-11-19-21(12-14)16-5-3-2-4-15(16)17;/h2-5,11-13,18H,6-10H2,1H3;1H. The molecule has 2 aromatic rings. The lowest BCUT2D eigenvalue weighted by atomic mass is 9.98. The van der Waals surface area contributed by atoms with Gasteiger partial charge in [0.2, 0.25) is 10.0 Å². The molecule has 138 valence electrons. The van der Waals surface area contributed by atoms with E-state index >= 15 is 0 Å². The molecule has 0 amide bonds. The summed E-state index contributed by atoms with van der Waals surface area (Å²) in [6.07, 6.45) is 4.32. The summed E-state index contributed by atoms with van der Waals surface area (Å²) in [5.74, 6) is 0.0556.